The molecule has 6 nitrogen and oxygen atoms in total. The third kappa shape index (κ3) is 3.26. The third-order valence-electron chi connectivity index (χ3n) is 3.70. The van der Waals surface area contributed by atoms with Gasteiger partial charge in [0, 0.05) is 25.2 Å². The molecule has 20 heavy (non-hydrogen) atoms. The number of nitrogens with one attached hydrogen (secondary N) is 1. The number of hydrogen-bond donors (Lipinski definition) is 2. The highest BCUT2D eigenvalue weighted by molar-refractivity contribution is 5.67. The molecule has 0 saturated carbocycles. The summed E-state index contributed by atoms with van der Waals surface area (Å²) in [6, 6.07) is 5.42. The van der Waals surface area contributed by atoms with E-state index in [9.17, 15) is 15.2 Å². The molecule has 1 atom stereocenters. The summed E-state index contributed by atoms with van der Waals surface area (Å²) in [5.74, 6) is 0. The maximum atomic E-state index is 11.2. The van der Waals surface area contributed by atoms with Crippen molar-refractivity contribution in [3.8, 4) is 0 Å². The molecule has 0 radical (unpaired) electrons. The fourth-order valence-corrected chi connectivity index (χ4v) is 2.80. The molecule has 0 bridgehead atoms. The van der Waals surface area contributed by atoms with Gasteiger partial charge in [0.05, 0.1) is 11.5 Å². The summed E-state index contributed by atoms with van der Waals surface area (Å²) in [6.07, 6.45) is 2.20. The number of nitrogens with zero attached hydrogens (tertiary/aromatic N) is 2. The van der Waals surface area contributed by atoms with Crippen molar-refractivity contribution in [3.63, 3.8) is 0 Å². The van der Waals surface area contributed by atoms with Crippen LogP contribution >= 0.6 is 0 Å². The summed E-state index contributed by atoms with van der Waals surface area (Å²) in [6.45, 7) is 3.94. The number of aliphatic hydroxyl groups excluding tert-OH is 1. The Labute approximate surface area is 118 Å². The molecular formula is C14H21N3O3. The summed E-state index contributed by atoms with van der Waals surface area (Å²) < 4.78 is 0. The van der Waals surface area contributed by atoms with Crippen molar-refractivity contribution in [2.75, 3.05) is 31.1 Å². The highest BCUT2D eigenvalue weighted by atomic mass is 16.6. The second-order valence-corrected chi connectivity index (χ2v) is 5.16. The molecule has 1 heterocycles. The fraction of sp³-hybridized carbons (Fsp3) is 0.571. The molecule has 0 aliphatic carbocycles. The number of nitro groups is 1. The van der Waals surface area contributed by atoms with Crippen LogP contribution < -0.4 is 10.2 Å². The van der Waals surface area contributed by atoms with Crippen molar-refractivity contribution in [3.05, 3.63) is 33.9 Å². The van der Waals surface area contributed by atoms with Gasteiger partial charge in [0.25, 0.3) is 5.69 Å². The number of para-hydroxylation sites is 1. The van der Waals surface area contributed by atoms with E-state index >= 15 is 0 Å². The zero-order chi connectivity index (χ0) is 14.5. The summed E-state index contributed by atoms with van der Waals surface area (Å²) in [7, 11) is 0. The van der Waals surface area contributed by atoms with Crippen LogP contribution in [-0.4, -0.2) is 42.3 Å². The van der Waals surface area contributed by atoms with Crippen LogP contribution in [0.5, 0.6) is 0 Å². The molecule has 110 valence electrons. The minimum Gasteiger partial charge on any atom is -0.395 e. The van der Waals surface area contributed by atoms with E-state index in [1.807, 2.05) is 17.9 Å². The lowest BCUT2D eigenvalue weighted by molar-refractivity contribution is -0.384. The van der Waals surface area contributed by atoms with E-state index in [0.29, 0.717) is 24.8 Å². The van der Waals surface area contributed by atoms with Gasteiger partial charge in [-0.25, -0.2) is 0 Å². The average Bonchev–Trinajstić information content (AvgIpc) is 2.91. The second-order valence-electron chi connectivity index (χ2n) is 5.16. The van der Waals surface area contributed by atoms with Crippen molar-refractivity contribution in [1.82, 2.24) is 5.32 Å². The van der Waals surface area contributed by atoms with E-state index < -0.39 is 0 Å². The van der Waals surface area contributed by atoms with Gasteiger partial charge in [0.2, 0.25) is 0 Å². The van der Waals surface area contributed by atoms with E-state index in [1.54, 1.807) is 6.07 Å². The largest absolute Gasteiger partial charge is 0.395 e. The highest BCUT2D eigenvalue weighted by Gasteiger charge is 2.24. The Bertz CT molecular complexity index is 473. The number of rotatable bonds is 6. The number of benzene rings is 1. The summed E-state index contributed by atoms with van der Waals surface area (Å²) in [5, 5.41) is 23.9. The zero-order valence-corrected chi connectivity index (χ0v) is 11.7. The molecule has 1 aliphatic rings. The number of aliphatic hydroxyl groups is 1. The monoisotopic (exact) mass is 279 g/mol. The summed E-state index contributed by atoms with van der Waals surface area (Å²) in [4.78, 5) is 12.8. The van der Waals surface area contributed by atoms with Crippen LogP contribution in [0.1, 0.15) is 18.4 Å². The smallest absolute Gasteiger partial charge is 0.292 e. The first-order valence-electron chi connectivity index (χ1n) is 6.96. The van der Waals surface area contributed by atoms with Crippen LogP contribution in [0.4, 0.5) is 11.4 Å². The van der Waals surface area contributed by atoms with Gasteiger partial charge in [-0.15, -0.1) is 0 Å². The summed E-state index contributed by atoms with van der Waals surface area (Å²) >= 11 is 0. The minimum absolute atomic E-state index is 0.0157. The Balaban J connectivity index is 2.29. The van der Waals surface area contributed by atoms with E-state index in [-0.39, 0.29) is 17.2 Å². The Hall–Kier alpha value is -1.66. The second kappa shape index (κ2) is 6.67. The molecule has 0 aromatic heterocycles. The van der Waals surface area contributed by atoms with Crippen LogP contribution in [0.3, 0.4) is 0 Å². The summed E-state index contributed by atoms with van der Waals surface area (Å²) in [5.41, 5.74) is 1.60. The van der Waals surface area contributed by atoms with Crippen LogP contribution in [0.2, 0.25) is 0 Å². The first kappa shape index (κ1) is 14.7. The number of hydrogen-bond acceptors (Lipinski definition) is 5. The van der Waals surface area contributed by atoms with E-state index in [4.69, 9.17) is 0 Å². The Morgan fingerprint density at radius 2 is 2.35 bits per heavy atom. The molecule has 1 fully saturated rings. The maximum Gasteiger partial charge on any atom is 0.292 e. The highest BCUT2D eigenvalue weighted by Crippen LogP contribution is 2.32. The average molecular weight is 279 g/mol. The van der Waals surface area contributed by atoms with Gasteiger partial charge < -0.3 is 15.3 Å². The van der Waals surface area contributed by atoms with Crippen molar-refractivity contribution in [2.45, 2.75) is 25.8 Å². The van der Waals surface area contributed by atoms with Gasteiger partial charge in [0.1, 0.15) is 5.69 Å². The lowest BCUT2D eigenvalue weighted by Gasteiger charge is -2.28. The Morgan fingerprint density at radius 3 is 2.95 bits per heavy atom. The van der Waals surface area contributed by atoms with Gasteiger partial charge in [-0.05, 0) is 31.9 Å². The standard InChI is InChI=1S/C14H21N3O3/c1-11-4-2-6-13(17(19)20)14(11)16(8-9-18)10-12-5-3-7-15-12/h2,4,6,12,15,18H,3,5,7-10H2,1H3. The first-order chi connectivity index (χ1) is 9.63. The maximum absolute atomic E-state index is 11.2. The molecule has 2 N–H and O–H groups in total. The van der Waals surface area contributed by atoms with Crippen molar-refractivity contribution >= 4 is 11.4 Å². The van der Waals surface area contributed by atoms with Crippen LogP contribution in [0, 0.1) is 17.0 Å². The van der Waals surface area contributed by atoms with E-state index in [1.165, 1.54) is 6.07 Å². The van der Waals surface area contributed by atoms with Crippen LogP contribution in [0.25, 0.3) is 0 Å². The molecule has 1 aromatic carbocycles. The van der Waals surface area contributed by atoms with Crippen molar-refractivity contribution < 1.29 is 10.0 Å². The molecule has 6 heteroatoms. The Morgan fingerprint density at radius 1 is 1.55 bits per heavy atom. The van der Waals surface area contributed by atoms with Crippen LogP contribution in [0.15, 0.2) is 18.2 Å². The van der Waals surface area contributed by atoms with Crippen LogP contribution in [-0.2, 0) is 0 Å². The number of anilines is 1. The third-order valence-corrected chi connectivity index (χ3v) is 3.70. The van der Waals surface area contributed by atoms with Gasteiger partial charge in [-0.2, -0.15) is 0 Å². The van der Waals surface area contributed by atoms with Gasteiger partial charge >= 0.3 is 0 Å². The lowest BCUT2D eigenvalue weighted by Crippen LogP contribution is -2.39. The Kier molecular flexibility index (Phi) is 4.92. The molecule has 1 aliphatic heterocycles. The molecule has 0 amide bonds. The van der Waals surface area contributed by atoms with E-state index in [2.05, 4.69) is 5.32 Å². The minimum atomic E-state index is -0.352. The quantitative estimate of drug-likeness (QED) is 0.609. The normalized spacial score (nSPS) is 18.2. The van der Waals surface area contributed by atoms with Gasteiger partial charge in [-0.3, -0.25) is 10.1 Å². The topological polar surface area (TPSA) is 78.6 Å². The molecule has 1 unspecified atom stereocenters. The van der Waals surface area contributed by atoms with Crippen molar-refractivity contribution in [2.24, 2.45) is 0 Å². The van der Waals surface area contributed by atoms with Gasteiger partial charge in [-0.1, -0.05) is 12.1 Å². The molecular weight excluding hydrogens is 258 g/mol. The number of nitro benzene ring substituents is 1. The van der Waals surface area contributed by atoms with Gasteiger partial charge in [0.15, 0.2) is 0 Å². The number of aryl methyl sites for hydroxylation is 1. The fourth-order valence-electron chi connectivity index (χ4n) is 2.80. The molecule has 0 spiro atoms. The van der Waals surface area contributed by atoms with Crippen molar-refractivity contribution in [1.29, 1.82) is 0 Å². The zero-order valence-electron chi connectivity index (χ0n) is 11.7. The predicted octanol–water partition coefficient (Wildman–Crippen LogP) is 1.45. The lowest BCUT2D eigenvalue weighted by atomic mass is 10.1. The SMILES string of the molecule is Cc1cccc([N+](=O)[O-])c1N(CCO)CC1CCCN1. The predicted molar refractivity (Wildman–Crippen MR) is 78.2 cm³/mol. The first-order valence-corrected chi connectivity index (χ1v) is 6.96. The molecule has 1 saturated heterocycles. The molecule has 1 aromatic rings. The van der Waals surface area contributed by atoms with E-state index in [0.717, 1.165) is 24.9 Å². The molecule has 2 rings (SSSR count).